The summed E-state index contributed by atoms with van der Waals surface area (Å²) in [4.78, 5) is 18.7. The van der Waals surface area contributed by atoms with Gasteiger partial charge in [-0.05, 0) is 42.4 Å². The van der Waals surface area contributed by atoms with Crippen LogP contribution in [-0.4, -0.2) is 34.6 Å². The van der Waals surface area contributed by atoms with Gasteiger partial charge in [-0.3, -0.25) is 0 Å². The number of H-pyrrole nitrogens is 1. The first-order chi connectivity index (χ1) is 17.5. The highest BCUT2D eigenvalue weighted by Gasteiger charge is 2.15. The first-order valence-electron chi connectivity index (χ1n) is 13.0. The minimum absolute atomic E-state index is 0.0725. The number of benzene rings is 1. The van der Waals surface area contributed by atoms with Gasteiger partial charge in [0, 0.05) is 6.08 Å². The predicted octanol–water partition coefficient (Wildman–Crippen LogP) is 6.53. The van der Waals surface area contributed by atoms with Crippen molar-refractivity contribution in [2.45, 2.75) is 70.8 Å². The minimum atomic E-state index is -1.03. The lowest BCUT2D eigenvalue weighted by Gasteiger charge is -2.28. The Balaban J connectivity index is 2.14. The molecule has 0 amide bonds. The van der Waals surface area contributed by atoms with Gasteiger partial charge in [0.2, 0.25) is 0 Å². The Hall–Kier alpha value is -3.48. The zero-order chi connectivity index (χ0) is 26.0. The predicted molar refractivity (Wildman–Crippen MR) is 150 cm³/mol. The third kappa shape index (κ3) is 12.3. The van der Waals surface area contributed by atoms with Crippen LogP contribution < -0.4 is 11.5 Å². The molecular formula is C29H42N5O2-. The Morgan fingerprint density at radius 2 is 1.78 bits per heavy atom. The van der Waals surface area contributed by atoms with Gasteiger partial charge in [0.25, 0.3) is 0 Å². The number of guanidine groups is 1. The molecule has 7 heteroatoms. The number of hydrogen-bond acceptors (Lipinski definition) is 2. The number of carbonyl (C=O) groups is 1. The summed E-state index contributed by atoms with van der Waals surface area (Å²) in [5, 5.41) is 14.3. The van der Waals surface area contributed by atoms with Crippen LogP contribution in [-0.2, 0) is 4.79 Å². The van der Waals surface area contributed by atoms with Gasteiger partial charge >= 0.3 is 5.97 Å². The summed E-state index contributed by atoms with van der Waals surface area (Å²) in [6.45, 7) is 2.34. The van der Waals surface area contributed by atoms with Crippen molar-refractivity contribution in [1.29, 1.82) is 0 Å². The SMILES string of the molecule is CCCCCCCC[C@H](/C=C/c1ccccc1)CC[C@@H]([N-]c1ccc[nH]1)/C(=C/C(=O)O)CN=C(N)N. The normalized spacial score (nSPS) is 13.4. The second-order valence-electron chi connectivity index (χ2n) is 9.16. The number of rotatable bonds is 18. The Bertz CT molecular complexity index is 947. The van der Waals surface area contributed by atoms with Gasteiger partial charge in [0.05, 0.1) is 6.54 Å². The lowest BCUT2D eigenvalue weighted by atomic mass is 9.90. The number of aromatic nitrogens is 1. The molecule has 196 valence electrons. The smallest absolute Gasteiger partial charge is 0.328 e. The standard InChI is InChI=1S/C29H42N5O2/c1-2-3-4-5-6-8-14-24(17-16-23-12-9-7-10-13-23)18-19-26(34-27-15-11-20-32-27)25(21-28(35)36)22-33-29(30)31/h7,9-13,15-17,20-21,24,26,32H,2-6,8,14,18-19,22H2,1H3,(H,35,36)(H4,30,31,33)/q-1/b17-16+,25-21+/t24-,26-/m1/s1. The van der Waals surface area contributed by atoms with Gasteiger partial charge in [0.1, 0.15) is 0 Å². The van der Waals surface area contributed by atoms with E-state index in [0.29, 0.717) is 23.7 Å². The number of aliphatic imine (C=N–C) groups is 1. The third-order valence-electron chi connectivity index (χ3n) is 6.16. The van der Waals surface area contributed by atoms with E-state index in [1.807, 2.05) is 30.3 Å². The van der Waals surface area contributed by atoms with E-state index < -0.39 is 5.97 Å². The van der Waals surface area contributed by atoms with Crippen molar-refractivity contribution in [2.75, 3.05) is 6.54 Å². The van der Waals surface area contributed by atoms with Gasteiger partial charge < -0.3 is 26.9 Å². The van der Waals surface area contributed by atoms with Crippen LogP contribution in [0, 0.1) is 5.92 Å². The van der Waals surface area contributed by atoms with Crippen LogP contribution in [0.1, 0.15) is 70.3 Å². The second kappa shape index (κ2) is 17.0. The van der Waals surface area contributed by atoms with Crippen molar-refractivity contribution < 1.29 is 9.90 Å². The third-order valence-corrected chi connectivity index (χ3v) is 6.16. The van der Waals surface area contributed by atoms with Gasteiger partial charge in [-0.1, -0.05) is 112 Å². The zero-order valence-corrected chi connectivity index (χ0v) is 21.5. The fraction of sp³-hybridized carbons (Fsp3) is 0.448. The molecule has 0 saturated carbocycles. The average molecular weight is 493 g/mol. The molecule has 36 heavy (non-hydrogen) atoms. The van der Waals surface area contributed by atoms with Crippen molar-refractivity contribution in [3.63, 3.8) is 0 Å². The van der Waals surface area contributed by atoms with Crippen LogP contribution in [0.5, 0.6) is 0 Å². The molecular weight excluding hydrogens is 450 g/mol. The summed E-state index contributed by atoms with van der Waals surface area (Å²) >= 11 is 0. The molecule has 7 nitrogen and oxygen atoms in total. The summed E-state index contributed by atoms with van der Waals surface area (Å²) in [6, 6.07) is 13.7. The van der Waals surface area contributed by atoms with E-state index in [-0.39, 0.29) is 18.5 Å². The molecule has 0 aliphatic carbocycles. The molecule has 0 spiro atoms. The number of nitrogens with two attached hydrogens (primary N) is 2. The van der Waals surface area contributed by atoms with Crippen LogP contribution in [0.4, 0.5) is 5.82 Å². The van der Waals surface area contributed by atoms with Crippen LogP contribution in [0.25, 0.3) is 11.4 Å². The van der Waals surface area contributed by atoms with Crippen LogP contribution in [0.2, 0.25) is 0 Å². The lowest BCUT2D eigenvalue weighted by Crippen LogP contribution is -2.24. The summed E-state index contributed by atoms with van der Waals surface area (Å²) in [7, 11) is 0. The molecule has 0 unspecified atom stereocenters. The minimum Gasteiger partial charge on any atom is -0.478 e. The molecule has 2 aromatic rings. The van der Waals surface area contributed by atoms with Crippen LogP contribution in [0.3, 0.4) is 0 Å². The van der Waals surface area contributed by atoms with Gasteiger partial charge in [-0.15, -0.1) is 0 Å². The van der Waals surface area contributed by atoms with E-state index in [4.69, 9.17) is 16.8 Å². The number of unbranched alkanes of at least 4 members (excludes halogenated alkanes) is 5. The van der Waals surface area contributed by atoms with Gasteiger partial charge in [-0.2, -0.15) is 0 Å². The van der Waals surface area contributed by atoms with E-state index in [1.54, 1.807) is 6.20 Å². The highest BCUT2D eigenvalue weighted by atomic mass is 16.4. The Morgan fingerprint density at radius 3 is 2.44 bits per heavy atom. The topological polar surface area (TPSA) is 132 Å². The first-order valence-corrected chi connectivity index (χ1v) is 13.0. The summed E-state index contributed by atoms with van der Waals surface area (Å²) in [5.74, 6) is -0.0353. The van der Waals surface area contributed by atoms with Crippen molar-refractivity contribution in [1.82, 2.24) is 4.98 Å². The van der Waals surface area contributed by atoms with Crippen molar-refractivity contribution in [3.05, 3.63) is 77.3 Å². The summed E-state index contributed by atoms with van der Waals surface area (Å²) < 4.78 is 0. The maximum atomic E-state index is 11.6. The summed E-state index contributed by atoms with van der Waals surface area (Å²) in [6.07, 6.45) is 17.7. The number of nitrogens with one attached hydrogen (secondary N) is 1. The number of allylic oxidation sites excluding steroid dienone is 1. The van der Waals surface area contributed by atoms with Gasteiger partial charge in [-0.25, -0.2) is 9.79 Å². The van der Waals surface area contributed by atoms with E-state index in [9.17, 15) is 9.90 Å². The quantitative estimate of drug-likeness (QED) is 0.0814. The second-order valence-corrected chi connectivity index (χ2v) is 9.16. The fourth-order valence-electron chi connectivity index (χ4n) is 4.20. The maximum Gasteiger partial charge on any atom is 0.328 e. The molecule has 2 atom stereocenters. The molecule has 1 aromatic carbocycles. The zero-order valence-electron chi connectivity index (χ0n) is 21.5. The number of aliphatic carboxylic acids is 1. The molecule has 1 heterocycles. The van der Waals surface area contributed by atoms with Crippen molar-refractivity contribution >= 4 is 23.8 Å². The molecule has 1 aromatic heterocycles. The number of carboxylic acids is 1. The molecule has 6 N–H and O–H groups in total. The number of carboxylic acid groups (broad SMARTS) is 1. The lowest BCUT2D eigenvalue weighted by molar-refractivity contribution is -0.131. The van der Waals surface area contributed by atoms with E-state index in [2.05, 4.69) is 41.2 Å². The summed E-state index contributed by atoms with van der Waals surface area (Å²) in [5.41, 5.74) is 12.8. The molecule has 0 aliphatic heterocycles. The molecule has 0 saturated heterocycles. The number of aromatic amines is 1. The van der Waals surface area contributed by atoms with Crippen molar-refractivity contribution in [2.24, 2.45) is 22.4 Å². The van der Waals surface area contributed by atoms with E-state index in [1.165, 1.54) is 50.2 Å². The molecule has 2 rings (SSSR count). The first kappa shape index (κ1) is 28.8. The van der Waals surface area contributed by atoms with Crippen molar-refractivity contribution in [3.8, 4) is 0 Å². The van der Waals surface area contributed by atoms with Crippen LogP contribution >= 0.6 is 0 Å². The highest BCUT2D eigenvalue weighted by Crippen LogP contribution is 2.30. The van der Waals surface area contributed by atoms with E-state index in [0.717, 1.165) is 12.8 Å². The fourth-order valence-corrected chi connectivity index (χ4v) is 4.20. The highest BCUT2D eigenvalue weighted by molar-refractivity contribution is 5.81. The Kier molecular flexibility index (Phi) is 13.6. The molecule has 0 fully saturated rings. The van der Waals surface area contributed by atoms with Gasteiger partial charge in [0.15, 0.2) is 5.96 Å². The average Bonchev–Trinajstić information content (AvgIpc) is 3.37. The van der Waals surface area contributed by atoms with E-state index >= 15 is 0 Å². The molecule has 0 bridgehead atoms. The Morgan fingerprint density at radius 1 is 1.03 bits per heavy atom. The number of hydrogen-bond donors (Lipinski definition) is 4. The monoisotopic (exact) mass is 492 g/mol. The van der Waals surface area contributed by atoms with Crippen LogP contribution in [0.15, 0.2) is 71.4 Å². The molecule has 0 radical (unpaired) electrons. The molecule has 0 aliphatic rings. The Labute approximate surface area is 215 Å². The maximum absolute atomic E-state index is 11.6. The number of nitrogens with zero attached hydrogens (tertiary/aromatic N) is 2. The largest absolute Gasteiger partial charge is 0.478 e.